The number of nitrogens with zero attached hydrogens (tertiary/aromatic N) is 5. The van der Waals surface area contributed by atoms with Gasteiger partial charge in [0.1, 0.15) is 12.4 Å². The van der Waals surface area contributed by atoms with Crippen LogP contribution in [-0.2, 0) is 17.9 Å². The Labute approximate surface area is 206 Å². The number of aromatic nitrogens is 2. The van der Waals surface area contributed by atoms with E-state index in [-0.39, 0.29) is 6.61 Å². The normalized spacial score (nSPS) is 18.7. The quantitative estimate of drug-likeness (QED) is 0.587. The van der Waals surface area contributed by atoms with Gasteiger partial charge in [-0.15, -0.1) is 0 Å². The molecule has 8 heteroatoms. The van der Waals surface area contributed by atoms with Gasteiger partial charge in [-0.25, -0.2) is 4.98 Å². The van der Waals surface area contributed by atoms with E-state index >= 15 is 0 Å². The summed E-state index contributed by atoms with van der Waals surface area (Å²) < 4.78 is 13.8. The molecule has 4 heterocycles. The van der Waals surface area contributed by atoms with Gasteiger partial charge in [-0.1, -0.05) is 18.2 Å². The highest BCUT2D eigenvalue weighted by atomic mass is 16.5. The molecular formula is C27H33N5O3. The number of piperazine rings is 1. The number of morpholine rings is 1. The molecule has 0 radical (unpaired) electrons. The predicted molar refractivity (Wildman–Crippen MR) is 135 cm³/mol. The van der Waals surface area contributed by atoms with Crippen LogP contribution in [0.15, 0.2) is 48.7 Å². The van der Waals surface area contributed by atoms with Crippen molar-refractivity contribution in [3.8, 4) is 22.6 Å². The molecule has 2 saturated heterocycles. The van der Waals surface area contributed by atoms with E-state index in [1.807, 2.05) is 0 Å². The number of fused-ring (bicyclic) bond motifs is 3. The van der Waals surface area contributed by atoms with Gasteiger partial charge in [-0.2, -0.15) is 0 Å². The van der Waals surface area contributed by atoms with Crippen molar-refractivity contribution in [1.82, 2.24) is 19.4 Å². The van der Waals surface area contributed by atoms with Gasteiger partial charge in [-0.3, -0.25) is 14.4 Å². The fourth-order valence-electron chi connectivity index (χ4n) is 5.23. The van der Waals surface area contributed by atoms with Gasteiger partial charge in [-0.05, 0) is 35.4 Å². The van der Waals surface area contributed by atoms with Crippen molar-refractivity contribution in [2.75, 3.05) is 70.5 Å². The standard InChI is InChI=1S/C27H33N5O3/c33-14-11-29-7-9-31(10-8-29)24-4-1-21(2-5-24)22-3-6-25-26(17-22)35-20-27-28-23(19-32(25)27)18-30-12-15-34-16-13-30/h1-6,17,19,33H,7-16,18,20H2. The fraction of sp³-hybridized carbons (Fsp3) is 0.444. The molecule has 1 aromatic heterocycles. The lowest BCUT2D eigenvalue weighted by Crippen LogP contribution is -2.47. The minimum atomic E-state index is 0.233. The molecule has 0 spiro atoms. The zero-order valence-corrected chi connectivity index (χ0v) is 20.1. The molecule has 0 atom stereocenters. The topological polar surface area (TPSA) is 66.2 Å². The third kappa shape index (κ3) is 4.79. The Balaban J connectivity index is 1.16. The summed E-state index contributed by atoms with van der Waals surface area (Å²) in [5, 5.41) is 9.15. The lowest BCUT2D eigenvalue weighted by Gasteiger charge is -2.35. The molecule has 0 unspecified atom stereocenters. The summed E-state index contributed by atoms with van der Waals surface area (Å²) in [6.07, 6.45) is 2.15. The number of ether oxygens (including phenoxy) is 2. The Morgan fingerprint density at radius 3 is 2.40 bits per heavy atom. The summed E-state index contributed by atoms with van der Waals surface area (Å²) in [7, 11) is 0. The summed E-state index contributed by atoms with van der Waals surface area (Å²) >= 11 is 0. The molecule has 3 aliphatic heterocycles. The van der Waals surface area contributed by atoms with Gasteiger partial charge in [0.2, 0.25) is 0 Å². The first-order chi connectivity index (χ1) is 17.3. The molecular weight excluding hydrogens is 442 g/mol. The average Bonchev–Trinajstić information content (AvgIpc) is 3.33. The van der Waals surface area contributed by atoms with E-state index in [9.17, 15) is 0 Å². The number of anilines is 1. The molecule has 2 aromatic carbocycles. The second-order valence-corrected chi connectivity index (χ2v) is 9.48. The summed E-state index contributed by atoms with van der Waals surface area (Å²) in [4.78, 5) is 12.0. The maximum absolute atomic E-state index is 9.15. The molecule has 0 amide bonds. The number of hydrogen-bond donors (Lipinski definition) is 1. The highest BCUT2D eigenvalue weighted by molar-refractivity contribution is 5.70. The molecule has 6 rings (SSSR count). The minimum Gasteiger partial charge on any atom is -0.483 e. The van der Waals surface area contributed by atoms with Crippen LogP contribution in [0.1, 0.15) is 11.5 Å². The van der Waals surface area contributed by atoms with E-state index in [4.69, 9.17) is 19.6 Å². The molecule has 0 saturated carbocycles. The highest BCUT2D eigenvalue weighted by Crippen LogP contribution is 2.35. The first-order valence-corrected chi connectivity index (χ1v) is 12.6. The zero-order chi connectivity index (χ0) is 23.6. The molecule has 0 bridgehead atoms. The maximum Gasteiger partial charge on any atom is 0.151 e. The van der Waals surface area contributed by atoms with Crippen LogP contribution in [0.5, 0.6) is 5.75 Å². The molecule has 35 heavy (non-hydrogen) atoms. The van der Waals surface area contributed by atoms with E-state index in [1.54, 1.807) is 0 Å². The third-order valence-corrected chi connectivity index (χ3v) is 7.25. The summed E-state index contributed by atoms with van der Waals surface area (Å²) in [6, 6.07) is 15.3. The second-order valence-electron chi connectivity index (χ2n) is 9.48. The molecule has 0 aliphatic carbocycles. The first-order valence-electron chi connectivity index (χ1n) is 12.6. The third-order valence-electron chi connectivity index (χ3n) is 7.25. The van der Waals surface area contributed by atoms with E-state index in [2.05, 4.69) is 67.9 Å². The molecule has 2 fully saturated rings. The zero-order valence-electron chi connectivity index (χ0n) is 20.1. The number of imidazole rings is 1. The van der Waals surface area contributed by atoms with Crippen molar-refractivity contribution >= 4 is 5.69 Å². The summed E-state index contributed by atoms with van der Waals surface area (Å²) in [5.74, 6) is 1.85. The van der Waals surface area contributed by atoms with Crippen molar-refractivity contribution < 1.29 is 14.6 Å². The van der Waals surface area contributed by atoms with Gasteiger partial charge in [0.05, 0.1) is 31.2 Å². The van der Waals surface area contributed by atoms with Crippen LogP contribution >= 0.6 is 0 Å². The molecule has 1 N–H and O–H groups in total. The van der Waals surface area contributed by atoms with Crippen molar-refractivity contribution in [2.45, 2.75) is 13.2 Å². The smallest absolute Gasteiger partial charge is 0.151 e. The Kier molecular flexibility index (Phi) is 6.43. The maximum atomic E-state index is 9.15. The van der Waals surface area contributed by atoms with E-state index < -0.39 is 0 Å². The van der Waals surface area contributed by atoms with E-state index in [1.165, 1.54) is 11.3 Å². The van der Waals surface area contributed by atoms with Gasteiger partial charge in [0.25, 0.3) is 0 Å². The van der Waals surface area contributed by atoms with Gasteiger partial charge in [0.15, 0.2) is 5.82 Å². The number of aliphatic hydroxyl groups excluding tert-OH is 1. The number of rotatable bonds is 6. The number of aliphatic hydroxyl groups is 1. The first kappa shape index (κ1) is 22.5. The van der Waals surface area contributed by atoms with Crippen LogP contribution in [-0.4, -0.2) is 90.1 Å². The molecule has 3 aliphatic rings. The Hall–Kier alpha value is -2.91. The molecule has 184 valence electrons. The Morgan fingerprint density at radius 1 is 0.857 bits per heavy atom. The number of hydrogen-bond acceptors (Lipinski definition) is 7. The van der Waals surface area contributed by atoms with Crippen LogP contribution in [0.25, 0.3) is 16.8 Å². The molecule has 8 nitrogen and oxygen atoms in total. The second kappa shape index (κ2) is 9.99. The SMILES string of the molecule is OCCN1CCN(c2ccc(-c3ccc4c(c3)OCc3nc(CN5CCOCC5)cn3-4)cc2)CC1. The van der Waals surface area contributed by atoms with Gasteiger partial charge in [0, 0.05) is 64.2 Å². The van der Waals surface area contributed by atoms with Crippen LogP contribution in [0, 0.1) is 0 Å². The fourth-order valence-corrected chi connectivity index (χ4v) is 5.23. The van der Waals surface area contributed by atoms with E-state index in [0.717, 1.165) is 94.1 Å². The monoisotopic (exact) mass is 475 g/mol. The summed E-state index contributed by atoms with van der Waals surface area (Å²) in [5.41, 5.74) is 5.72. The van der Waals surface area contributed by atoms with Crippen LogP contribution in [0.3, 0.4) is 0 Å². The summed E-state index contributed by atoms with van der Waals surface area (Å²) in [6.45, 7) is 9.81. The Bertz CT molecular complexity index is 1150. The van der Waals surface area contributed by atoms with Crippen molar-refractivity contribution in [2.24, 2.45) is 0 Å². The highest BCUT2D eigenvalue weighted by Gasteiger charge is 2.22. The van der Waals surface area contributed by atoms with Crippen molar-refractivity contribution in [1.29, 1.82) is 0 Å². The van der Waals surface area contributed by atoms with Crippen molar-refractivity contribution in [3.05, 3.63) is 60.2 Å². The van der Waals surface area contributed by atoms with E-state index in [0.29, 0.717) is 6.61 Å². The predicted octanol–water partition coefficient (Wildman–Crippen LogP) is 2.38. The number of benzene rings is 2. The lowest BCUT2D eigenvalue weighted by atomic mass is 10.0. The molecule has 3 aromatic rings. The average molecular weight is 476 g/mol. The minimum absolute atomic E-state index is 0.233. The van der Waals surface area contributed by atoms with Gasteiger partial charge >= 0.3 is 0 Å². The van der Waals surface area contributed by atoms with Crippen LogP contribution in [0.4, 0.5) is 5.69 Å². The van der Waals surface area contributed by atoms with Crippen LogP contribution in [0.2, 0.25) is 0 Å². The largest absolute Gasteiger partial charge is 0.483 e. The number of β-amino-alcohol motifs (C(OH)–C–C–N with tert-alkyl or cyclic N) is 1. The lowest BCUT2D eigenvalue weighted by molar-refractivity contribution is 0.0337. The van der Waals surface area contributed by atoms with Crippen molar-refractivity contribution in [3.63, 3.8) is 0 Å². The van der Waals surface area contributed by atoms with Gasteiger partial charge < -0.3 is 19.5 Å². The van der Waals surface area contributed by atoms with Crippen LogP contribution < -0.4 is 9.64 Å². The Morgan fingerprint density at radius 2 is 1.63 bits per heavy atom.